The molecule has 0 spiro atoms. The van der Waals surface area contributed by atoms with Crippen LogP contribution >= 0.6 is 0 Å². The van der Waals surface area contributed by atoms with E-state index in [-0.39, 0.29) is 11.3 Å². The normalized spacial score (nSPS) is 41.1. The van der Waals surface area contributed by atoms with Gasteiger partial charge in [-0.05, 0) is 44.9 Å². The zero-order chi connectivity index (χ0) is 11.1. The van der Waals surface area contributed by atoms with E-state index in [0.717, 1.165) is 38.5 Å². The Bertz CT molecular complexity index is 295. The van der Waals surface area contributed by atoms with Crippen LogP contribution in [0, 0.1) is 17.3 Å². The number of rotatable bonds is 1. The van der Waals surface area contributed by atoms with Crippen molar-refractivity contribution in [3.05, 3.63) is 0 Å². The van der Waals surface area contributed by atoms with Crippen LogP contribution in [0.3, 0.4) is 0 Å². The van der Waals surface area contributed by atoms with Crippen LogP contribution in [-0.2, 0) is 9.59 Å². The molecule has 0 amide bonds. The monoisotopic (exact) mass is 208 g/mol. The molecular weight excluding hydrogens is 188 g/mol. The van der Waals surface area contributed by atoms with Crippen molar-refractivity contribution in [2.45, 2.75) is 52.4 Å². The highest BCUT2D eigenvalue weighted by atomic mass is 16.1. The van der Waals surface area contributed by atoms with E-state index < -0.39 is 0 Å². The van der Waals surface area contributed by atoms with Crippen molar-refractivity contribution in [1.82, 2.24) is 0 Å². The molecule has 0 aromatic heterocycles. The van der Waals surface area contributed by atoms with Gasteiger partial charge in [0.05, 0.1) is 0 Å². The summed E-state index contributed by atoms with van der Waals surface area (Å²) in [5.74, 6) is 1.46. The molecule has 0 heterocycles. The van der Waals surface area contributed by atoms with Gasteiger partial charge >= 0.3 is 0 Å². The Hall–Kier alpha value is -0.660. The van der Waals surface area contributed by atoms with Crippen LogP contribution in [-0.4, -0.2) is 11.6 Å². The molecule has 84 valence electrons. The molecule has 0 aromatic carbocycles. The van der Waals surface area contributed by atoms with E-state index in [0.29, 0.717) is 17.5 Å². The van der Waals surface area contributed by atoms with Gasteiger partial charge in [0.25, 0.3) is 0 Å². The van der Waals surface area contributed by atoms with Gasteiger partial charge in [-0.2, -0.15) is 0 Å². The molecule has 2 nitrogen and oxygen atoms in total. The SMILES string of the molecule is CC(=O)C1CC[C@]2(C)C(=O)CCC[C@H]2C1. The first-order chi connectivity index (χ1) is 7.04. The Kier molecular flexibility index (Phi) is 2.70. The average molecular weight is 208 g/mol. The number of carbonyl (C=O) groups excluding carboxylic acids is 2. The minimum atomic E-state index is -0.0931. The molecule has 0 saturated heterocycles. The Morgan fingerprint density at radius 1 is 1.40 bits per heavy atom. The van der Waals surface area contributed by atoms with Crippen LogP contribution in [0.2, 0.25) is 0 Å². The lowest BCUT2D eigenvalue weighted by Gasteiger charge is -2.45. The van der Waals surface area contributed by atoms with E-state index in [1.54, 1.807) is 6.92 Å². The lowest BCUT2D eigenvalue weighted by atomic mass is 9.57. The Balaban J connectivity index is 2.14. The van der Waals surface area contributed by atoms with Gasteiger partial charge in [0.1, 0.15) is 11.6 Å². The molecule has 2 saturated carbocycles. The van der Waals surface area contributed by atoms with Gasteiger partial charge in [0.15, 0.2) is 0 Å². The topological polar surface area (TPSA) is 34.1 Å². The van der Waals surface area contributed by atoms with Crippen molar-refractivity contribution in [3.8, 4) is 0 Å². The fourth-order valence-electron chi connectivity index (χ4n) is 3.37. The van der Waals surface area contributed by atoms with E-state index in [2.05, 4.69) is 6.92 Å². The van der Waals surface area contributed by atoms with Crippen LogP contribution in [0.15, 0.2) is 0 Å². The summed E-state index contributed by atoms with van der Waals surface area (Å²) in [4.78, 5) is 23.3. The van der Waals surface area contributed by atoms with Gasteiger partial charge in [-0.3, -0.25) is 9.59 Å². The summed E-state index contributed by atoms with van der Waals surface area (Å²) in [6, 6.07) is 0. The lowest BCUT2D eigenvalue weighted by molar-refractivity contribution is -0.140. The van der Waals surface area contributed by atoms with Crippen molar-refractivity contribution < 1.29 is 9.59 Å². The third kappa shape index (κ3) is 1.75. The van der Waals surface area contributed by atoms with E-state index in [1.165, 1.54) is 0 Å². The number of carbonyl (C=O) groups is 2. The Morgan fingerprint density at radius 3 is 2.80 bits per heavy atom. The van der Waals surface area contributed by atoms with Gasteiger partial charge in [-0.15, -0.1) is 0 Å². The van der Waals surface area contributed by atoms with Crippen LogP contribution in [0.1, 0.15) is 52.4 Å². The standard InChI is InChI=1S/C13H20O2/c1-9(14)10-6-7-13(2)11(8-10)4-3-5-12(13)15/h10-11H,3-8H2,1-2H3/t10?,11-,13-/m0/s1. The summed E-state index contributed by atoms with van der Waals surface area (Å²) in [7, 11) is 0. The largest absolute Gasteiger partial charge is 0.300 e. The van der Waals surface area contributed by atoms with Crippen molar-refractivity contribution >= 4 is 11.6 Å². The number of hydrogen-bond acceptors (Lipinski definition) is 2. The highest BCUT2D eigenvalue weighted by Crippen LogP contribution is 2.49. The second-order valence-electron chi connectivity index (χ2n) is 5.51. The zero-order valence-electron chi connectivity index (χ0n) is 9.71. The molecule has 0 N–H and O–H groups in total. The van der Waals surface area contributed by atoms with Gasteiger partial charge in [0.2, 0.25) is 0 Å². The Morgan fingerprint density at radius 2 is 2.13 bits per heavy atom. The fourth-order valence-corrected chi connectivity index (χ4v) is 3.37. The molecule has 2 rings (SSSR count). The first-order valence-electron chi connectivity index (χ1n) is 6.08. The molecule has 2 aliphatic rings. The first-order valence-corrected chi connectivity index (χ1v) is 6.08. The minimum Gasteiger partial charge on any atom is -0.300 e. The molecular formula is C13H20O2. The summed E-state index contributed by atoms with van der Waals surface area (Å²) >= 11 is 0. The van der Waals surface area contributed by atoms with Gasteiger partial charge in [-0.1, -0.05) is 6.92 Å². The molecule has 3 atom stereocenters. The Labute approximate surface area is 91.4 Å². The van der Waals surface area contributed by atoms with Crippen LogP contribution < -0.4 is 0 Å². The maximum absolute atomic E-state index is 11.9. The molecule has 0 aromatic rings. The van der Waals surface area contributed by atoms with E-state index in [1.807, 2.05) is 0 Å². The number of Topliss-reactive ketones (excluding diaryl/α,β-unsaturated/α-hetero) is 2. The second-order valence-corrected chi connectivity index (χ2v) is 5.51. The summed E-state index contributed by atoms with van der Waals surface area (Å²) in [6.07, 6.45) is 5.75. The maximum Gasteiger partial charge on any atom is 0.139 e. The van der Waals surface area contributed by atoms with Gasteiger partial charge in [0, 0.05) is 17.8 Å². The van der Waals surface area contributed by atoms with Crippen molar-refractivity contribution in [1.29, 1.82) is 0 Å². The summed E-state index contributed by atoms with van der Waals surface area (Å²) < 4.78 is 0. The maximum atomic E-state index is 11.9. The molecule has 2 heteroatoms. The summed E-state index contributed by atoms with van der Waals surface area (Å²) in [5.41, 5.74) is -0.0931. The van der Waals surface area contributed by atoms with Gasteiger partial charge in [-0.25, -0.2) is 0 Å². The van der Waals surface area contributed by atoms with Crippen LogP contribution in [0.5, 0.6) is 0 Å². The fraction of sp³-hybridized carbons (Fsp3) is 0.846. The van der Waals surface area contributed by atoms with E-state index >= 15 is 0 Å². The molecule has 15 heavy (non-hydrogen) atoms. The third-order valence-electron chi connectivity index (χ3n) is 4.65. The quantitative estimate of drug-likeness (QED) is 0.664. The predicted octanol–water partition coefficient (Wildman–Crippen LogP) is 2.75. The molecule has 2 fully saturated rings. The van der Waals surface area contributed by atoms with E-state index in [9.17, 15) is 9.59 Å². The average Bonchev–Trinajstić information content (AvgIpc) is 2.19. The van der Waals surface area contributed by atoms with E-state index in [4.69, 9.17) is 0 Å². The second kappa shape index (κ2) is 3.73. The van der Waals surface area contributed by atoms with Crippen LogP contribution in [0.4, 0.5) is 0 Å². The number of hydrogen-bond donors (Lipinski definition) is 0. The molecule has 0 radical (unpaired) electrons. The third-order valence-corrected chi connectivity index (χ3v) is 4.65. The smallest absolute Gasteiger partial charge is 0.139 e. The molecule has 2 aliphatic carbocycles. The first kappa shape index (κ1) is 10.8. The minimum absolute atomic E-state index is 0.0931. The van der Waals surface area contributed by atoms with Crippen molar-refractivity contribution in [2.24, 2.45) is 17.3 Å². The predicted molar refractivity (Wildman–Crippen MR) is 58.5 cm³/mol. The highest BCUT2D eigenvalue weighted by Gasteiger charge is 2.47. The number of fused-ring (bicyclic) bond motifs is 1. The summed E-state index contributed by atoms with van der Waals surface area (Å²) in [5, 5.41) is 0. The lowest BCUT2D eigenvalue weighted by Crippen LogP contribution is -2.44. The summed E-state index contributed by atoms with van der Waals surface area (Å²) in [6.45, 7) is 3.81. The zero-order valence-corrected chi connectivity index (χ0v) is 9.71. The van der Waals surface area contributed by atoms with Gasteiger partial charge < -0.3 is 0 Å². The van der Waals surface area contributed by atoms with Crippen molar-refractivity contribution in [2.75, 3.05) is 0 Å². The number of ketones is 2. The molecule has 0 aliphatic heterocycles. The highest BCUT2D eigenvalue weighted by molar-refractivity contribution is 5.86. The molecule has 0 bridgehead atoms. The van der Waals surface area contributed by atoms with Crippen molar-refractivity contribution in [3.63, 3.8) is 0 Å². The van der Waals surface area contributed by atoms with Crippen LogP contribution in [0.25, 0.3) is 0 Å². The molecule has 1 unspecified atom stereocenters.